The first-order chi connectivity index (χ1) is 9.26. The van der Waals surface area contributed by atoms with Gasteiger partial charge >= 0.3 is 0 Å². The van der Waals surface area contributed by atoms with Crippen molar-refractivity contribution < 1.29 is 9.47 Å². The predicted octanol–water partition coefficient (Wildman–Crippen LogP) is 1.32. The van der Waals surface area contributed by atoms with Crippen molar-refractivity contribution in [2.45, 2.75) is 31.0 Å². The summed E-state index contributed by atoms with van der Waals surface area (Å²) >= 11 is 0. The molecule has 0 bridgehead atoms. The van der Waals surface area contributed by atoms with E-state index in [1.54, 1.807) is 10.7 Å². The highest BCUT2D eigenvalue weighted by atomic mass is 16.7. The second-order valence-electron chi connectivity index (χ2n) is 5.25. The zero-order chi connectivity index (χ0) is 12.9. The number of ether oxygens (including phenoxy) is 2. The molecule has 2 aliphatic rings. The number of rotatable bonds is 1. The smallest absolute Gasteiger partial charge is 0.169 e. The van der Waals surface area contributed by atoms with Gasteiger partial charge in [-0.2, -0.15) is 9.61 Å². The Hall–Kier alpha value is -1.66. The van der Waals surface area contributed by atoms with E-state index in [-0.39, 0.29) is 5.79 Å². The van der Waals surface area contributed by atoms with Crippen molar-refractivity contribution in [3.8, 4) is 0 Å². The first-order valence-corrected chi connectivity index (χ1v) is 6.64. The van der Waals surface area contributed by atoms with Crippen LogP contribution < -0.4 is 5.73 Å². The molecule has 0 radical (unpaired) electrons. The highest BCUT2D eigenvalue weighted by Crippen LogP contribution is 2.45. The van der Waals surface area contributed by atoms with Crippen molar-refractivity contribution in [3.05, 3.63) is 24.0 Å². The molecule has 2 aromatic rings. The van der Waals surface area contributed by atoms with E-state index >= 15 is 0 Å². The lowest BCUT2D eigenvalue weighted by molar-refractivity contribution is -0.151. The van der Waals surface area contributed by atoms with Crippen molar-refractivity contribution in [3.63, 3.8) is 0 Å². The number of nitrogens with two attached hydrogens (primary N) is 1. The Morgan fingerprint density at radius 1 is 1.37 bits per heavy atom. The van der Waals surface area contributed by atoms with Crippen LogP contribution in [0.3, 0.4) is 0 Å². The molecule has 2 fully saturated rings. The Labute approximate surface area is 110 Å². The van der Waals surface area contributed by atoms with Gasteiger partial charge in [0.2, 0.25) is 0 Å². The van der Waals surface area contributed by atoms with E-state index in [2.05, 4.69) is 10.1 Å². The van der Waals surface area contributed by atoms with Gasteiger partial charge in [-0.1, -0.05) is 0 Å². The lowest BCUT2D eigenvalue weighted by Crippen LogP contribution is -2.25. The molecule has 19 heavy (non-hydrogen) atoms. The number of fused-ring (bicyclic) bond motifs is 1. The van der Waals surface area contributed by atoms with E-state index in [0.717, 1.165) is 30.6 Å². The zero-order valence-corrected chi connectivity index (χ0v) is 10.6. The maximum atomic E-state index is 6.01. The van der Waals surface area contributed by atoms with E-state index < -0.39 is 0 Å². The summed E-state index contributed by atoms with van der Waals surface area (Å²) in [6.07, 6.45) is 4.53. The number of hydrogen-bond acceptors (Lipinski definition) is 5. The third kappa shape index (κ3) is 1.71. The molecule has 2 aromatic heterocycles. The van der Waals surface area contributed by atoms with Crippen LogP contribution in [0.25, 0.3) is 5.65 Å². The molecule has 100 valence electrons. The number of nitrogen functional groups attached to an aromatic ring is 1. The maximum absolute atomic E-state index is 6.01. The van der Waals surface area contributed by atoms with Crippen LogP contribution in [-0.4, -0.2) is 33.6 Å². The van der Waals surface area contributed by atoms with Crippen LogP contribution in [0.1, 0.15) is 30.9 Å². The summed E-state index contributed by atoms with van der Waals surface area (Å²) in [7, 11) is 0. The fourth-order valence-electron chi connectivity index (χ4n) is 3.15. The summed E-state index contributed by atoms with van der Waals surface area (Å²) < 4.78 is 13.2. The van der Waals surface area contributed by atoms with Crippen LogP contribution in [0.5, 0.6) is 0 Å². The second kappa shape index (κ2) is 3.91. The van der Waals surface area contributed by atoms with Crippen LogP contribution in [0, 0.1) is 0 Å². The second-order valence-corrected chi connectivity index (χ2v) is 5.25. The average Bonchev–Trinajstić information content (AvgIpc) is 3.12. The minimum atomic E-state index is -0.368. The minimum absolute atomic E-state index is 0.347. The Balaban J connectivity index is 1.67. The molecule has 1 spiro atoms. The summed E-state index contributed by atoms with van der Waals surface area (Å²) in [5.41, 5.74) is 7.82. The summed E-state index contributed by atoms with van der Waals surface area (Å²) in [4.78, 5) is 4.64. The summed E-state index contributed by atoms with van der Waals surface area (Å²) in [6.45, 7) is 1.40. The highest BCUT2D eigenvalue weighted by molar-refractivity contribution is 5.47. The zero-order valence-electron chi connectivity index (χ0n) is 10.6. The number of anilines is 1. The summed E-state index contributed by atoms with van der Waals surface area (Å²) in [5, 5.41) is 4.14. The van der Waals surface area contributed by atoms with Gasteiger partial charge in [-0.3, -0.25) is 0 Å². The fourth-order valence-corrected chi connectivity index (χ4v) is 3.15. The molecule has 4 rings (SSSR count). The standard InChI is InChI=1S/C13H16N4O2/c14-11-7-10(16-12-2-4-15-17(11)12)9-1-3-13(8-9)18-5-6-19-13/h2,4,7,9H,1,3,5-6,8,14H2. The molecular formula is C13H16N4O2. The Morgan fingerprint density at radius 2 is 2.21 bits per heavy atom. The molecule has 1 saturated carbocycles. The highest BCUT2D eigenvalue weighted by Gasteiger charge is 2.44. The van der Waals surface area contributed by atoms with Gasteiger partial charge in [0.25, 0.3) is 0 Å². The first kappa shape index (κ1) is 11.2. The minimum Gasteiger partial charge on any atom is -0.384 e. The van der Waals surface area contributed by atoms with Crippen molar-refractivity contribution >= 4 is 11.5 Å². The van der Waals surface area contributed by atoms with Gasteiger partial charge in [-0.05, 0) is 6.42 Å². The molecule has 6 heteroatoms. The van der Waals surface area contributed by atoms with E-state index in [1.807, 2.05) is 12.1 Å². The third-order valence-electron chi connectivity index (χ3n) is 4.07. The molecule has 6 nitrogen and oxygen atoms in total. The monoisotopic (exact) mass is 260 g/mol. The van der Waals surface area contributed by atoms with E-state index in [1.165, 1.54) is 0 Å². The topological polar surface area (TPSA) is 74.7 Å². The van der Waals surface area contributed by atoms with Crippen LogP contribution in [0.4, 0.5) is 5.82 Å². The lowest BCUT2D eigenvalue weighted by Gasteiger charge is -2.21. The van der Waals surface area contributed by atoms with Gasteiger partial charge in [-0.25, -0.2) is 4.98 Å². The largest absolute Gasteiger partial charge is 0.384 e. The number of hydrogen-bond donors (Lipinski definition) is 1. The molecule has 0 amide bonds. The van der Waals surface area contributed by atoms with Crippen molar-refractivity contribution in [2.75, 3.05) is 18.9 Å². The molecule has 1 aliphatic carbocycles. The molecule has 1 aliphatic heterocycles. The van der Waals surface area contributed by atoms with E-state index in [4.69, 9.17) is 15.2 Å². The van der Waals surface area contributed by atoms with Gasteiger partial charge in [0.15, 0.2) is 11.4 Å². The van der Waals surface area contributed by atoms with Crippen LogP contribution in [-0.2, 0) is 9.47 Å². The normalized spacial score (nSPS) is 25.6. The molecule has 1 saturated heterocycles. The maximum Gasteiger partial charge on any atom is 0.169 e. The first-order valence-electron chi connectivity index (χ1n) is 6.64. The molecule has 0 aromatic carbocycles. The van der Waals surface area contributed by atoms with Gasteiger partial charge in [0.1, 0.15) is 5.82 Å². The van der Waals surface area contributed by atoms with Gasteiger partial charge in [0.05, 0.1) is 19.4 Å². The quantitative estimate of drug-likeness (QED) is 0.837. The van der Waals surface area contributed by atoms with Crippen LogP contribution in [0.2, 0.25) is 0 Å². The average molecular weight is 260 g/mol. The van der Waals surface area contributed by atoms with Crippen molar-refractivity contribution in [2.24, 2.45) is 0 Å². The molecule has 2 N–H and O–H groups in total. The van der Waals surface area contributed by atoms with Crippen molar-refractivity contribution in [1.29, 1.82) is 0 Å². The Bertz CT molecular complexity index is 618. The van der Waals surface area contributed by atoms with Gasteiger partial charge in [-0.15, -0.1) is 0 Å². The third-order valence-corrected chi connectivity index (χ3v) is 4.07. The Morgan fingerprint density at radius 3 is 3.05 bits per heavy atom. The van der Waals surface area contributed by atoms with Crippen LogP contribution in [0.15, 0.2) is 18.3 Å². The van der Waals surface area contributed by atoms with Crippen molar-refractivity contribution in [1.82, 2.24) is 14.6 Å². The molecular weight excluding hydrogens is 244 g/mol. The molecule has 1 atom stereocenters. The van der Waals surface area contributed by atoms with Gasteiger partial charge in [0, 0.05) is 36.6 Å². The van der Waals surface area contributed by atoms with E-state index in [0.29, 0.717) is 24.9 Å². The Kier molecular flexibility index (Phi) is 2.31. The summed E-state index contributed by atoms with van der Waals surface area (Å²) in [6, 6.07) is 3.78. The predicted molar refractivity (Wildman–Crippen MR) is 68.6 cm³/mol. The fraction of sp³-hybridized carbons (Fsp3) is 0.538. The number of nitrogens with zero attached hydrogens (tertiary/aromatic N) is 3. The van der Waals surface area contributed by atoms with E-state index in [9.17, 15) is 0 Å². The van der Waals surface area contributed by atoms with Crippen LogP contribution >= 0.6 is 0 Å². The summed E-state index contributed by atoms with van der Waals surface area (Å²) in [5.74, 6) is 0.604. The number of aromatic nitrogens is 3. The lowest BCUT2D eigenvalue weighted by atomic mass is 10.0. The SMILES string of the molecule is Nc1cc(C2CCC3(C2)OCCO3)nc2ccnn12. The molecule has 3 heterocycles. The van der Waals surface area contributed by atoms with Gasteiger partial charge < -0.3 is 15.2 Å². The molecule has 1 unspecified atom stereocenters.